The summed E-state index contributed by atoms with van der Waals surface area (Å²) in [5.41, 5.74) is 7.51. The lowest BCUT2D eigenvalue weighted by molar-refractivity contribution is 0.506. The predicted molar refractivity (Wildman–Crippen MR) is 129 cm³/mol. The van der Waals surface area contributed by atoms with Crippen molar-refractivity contribution in [3.63, 3.8) is 0 Å². The van der Waals surface area contributed by atoms with E-state index in [0.717, 1.165) is 23.4 Å². The fourth-order valence-electron chi connectivity index (χ4n) is 3.51. The Hall–Kier alpha value is -2.80. The normalized spacial score (nSPS) is 11.5. The van der Waals surface area contributed by atoms with Gasteiger partial charge in [0.2, 0.25) is 0 Å². The lowest BCUT2D eigenvalue weighted by Gasteiger charge is -2.28. The largest absolute Gasteiger partial charge is 0.310 e. The fourth-order valence-corrected chi connectivity index (χ4v) is 3.51. The SMILES string of the molecule is C=Cc1cccc(N(c2ccc(C(C)C)cc2)c2ccc(C(C)(C)CC)cc2)c1. The number of nitrogens with zero attached hydrogens (tertiary/aromatic N) is 1. The third kappa shape index (κ3) is 4.62. The van der Waals surface area contributed by atoms with Crippen LogP contribution in [0.4, 0.5) is 17.1 Å². The molecule has 3 aromatic carbocycles. The molecule has 3 aromatic rings. The number of benzene rings is 3. The van der Waals surface area contributed by atoms with E-state index in [0.29, 0.717) is 5.92 Å². The molecule has 150 valence electrons. The lowest BCUT2D eigenvalue weighted by Crippen LogP contribution is -2.16. The van der Waals surface area contributed by atoms with E-state index < -0.39 is 0 Å². The van der Waals surface area contributed by atoms with E-state index in [1.807, 2.05) is 6.08 Å². The first kappa shape index (κ1) is 20.9. The summed E-state index contributed by atoms with van der Waals surface area (Å²) in [6, 6.07) is 26.5. The summed E-state index contributed by atoms with van der Waals surface area (Å²) in [4.78, 5) is 2.32. The molecule has 0 aromatic heterocycles. The number of rotatable bonds is 7. The van der Waals surface area contributed by atoms with Gasteiger partial charge in [-0.1, -0.05) is 83.7 Å². The molecule has 0 bridgehead atoms. The quantitative estimate of drug-likeness (QED) is 0.395. The number of hydrogen-bond acceptors (Lipinski definition) is 1. The summed E-state index contributed by atoms with van der Waals surface area (Å²) in [6.45, 7) is 15.3. The van der Waals surface area contributed by atoms with E-state index in [2.05, 4.69) is 119 Å². The van der Waals surface area contributed by atoms with Gasteiger partial charge in [-0.2, -0.15) is 0 Å². The molecule has 0 atom stereocenters. The van der Waals surface area contributed by atoms with Crippen molar-refractivity contribution in [3.8, 4) is 0 Å². The molecule has 0 aliphatic heterocycles. The van der Waals surface area contributed by atoms with Crippen molar-refractivity contribution in [2.24, 2.45) is 0 Å². The molecule has 0 saturated carbocycles. The van der Waals surface area contributed by atoms with Crippen molar-refractivity contribution in [1.82, 2.24) is 0 Å². The highest BCUT2D eigenvalue weighted by Crippen LogP contribution is 2.37. The van der Waals surface area contributed by atoms with Crippen LogP contribution < -0.4 is 4.90 Å². The highest BCUT2D eigenvalue weighted by molar-refractivity contribution is 5.78. The summed E-state index contributed by atoms with van der Waals surface area (Å²) in [5.74, 6) is 0.525. The molecular formula is C28H33N. The molecule has 0 spiro atoms. The van der Waals surface area contributed by atoms with Gasteiger partial charge in [-0.05, 0) is 70.8 Å². The number of hydrogen-bond donors (Lipinski definition) is 0. The Morgan fingerprint density at radius 3 is 1.97 bits per heavy atom. The van der Waals surface area contributed by atoms with Crippen molar-refractivity contribution in [1.29, 1.82) is 0 Å². The number of anilines is 3. The van der Waals surface area contributed by atoms with Gasteiger partial charge in [-0.15, -0.1) is 0 Å². The summed E-state index contributed by atoms with van der Waals surface area (Å²) in [5, 5.41) is 0. The average molecular weight is 384 g/mol. The second-order valence-corrected chi connectivity index (χ2v) is 8.67. The van der Waals surface area contributed by atoms with Crippen molar-refractivity contribution in [2.45, 2.75) is 52.4 Å². The van der Waals surface area contributed by atoms with Crippen LogP contribution in [0.5, 0.6) is 0 Å². The molecule has 0 heterocycles. The molecule has 1 nitrogen and oxygen atoms in total. The molecular weight excluding hydrogens is 350 g/mol. The summed E-state index contributed by atoms with van der Waals surface area (Å²) in [7, 11) is 0. The average Bonchev–Trinajstić information content (AvgIpc) is 2.75. The Bertz CT molecular complexity index is 946. The van der Waals surface area contributed by atoms with Crippen LogP contribution in [-0.2, 0) is 5.41 Å². The molecule has 0 aliphatic rings. The van der Waals surface area contributed by atoms with Gasteiger partial charge in [0.15, 0.2) is 0 Å². The van der Waals surface area contributed by atoms with Gasteiger partial charge in [0, 0.05) is 17.1 Å². The van der Waals surface area contributed by atoms with Crippen LogP contribution in [0.25, 0.3) is 6.08 Å². The van der Waals surface area contributed by atoms with Gasteiger partial charge in [0.25, 0.3) is 0 Å². The Labute approximate surface area is 176 Å². The summed E-state index contributed by atoms with van der Waals surface area (Å²) < 4.78 is 0. The second-order valence-electron chi connectivity index (χ2n) is 8.67. The second kappa shape index (κ2) is 8.69. The molecule has 0 fully saturated rings. The Balaban J connectivity index is 2.08. The zero-order valence-electron chi connectivity index (χ0n) is 18.4. The first-order chi connectivity index (χ1) is 13.9. The summed E-state index contributed by atoms with van der Waals surface area (Å²) >= 11 is 0. The van der Waals surface area contributed by atoms with Crippen LogP contribution in [0.15, 0.2) is 79.4 Å². The monoisotopic (exact) mass is 383 g/mol. The first-order valence-electron chi connectivity index (χ1n) is 10.6. The van der Waals surface area contributed by atoms with E-state index in [9.17, 15) is 0 Å². The van der Waals surface area contributed by atoms with E-state index >= 15 is 0 Å². The van der Waals surface area contributed by atoms with Crippen LogP contribution in [0, 0.1) is 0 Å². The Morgan fingerprint density at radius 1 is 0.862 bits per heavy atom. The van der Waals surface area contributed by atoms with Crippen LogP contribution >= 0.6 is 0 Å². The molecule has 0 N–H and O–H groups in total. The van der Waals surface area contributed by atoms with Gasteiger partial charge >= 0.3 is 0 Å². The van der Waals surface area contributed by atoms with E-state index in [4.69, 9.17) is 0 Å². The molecule has 0 amide bonds. The molecule has 0 radical (unpaired) electrons. The van der Waals surface area contributed by atoms with Crippen LogP contribution in [0.2, 0.25) is 0 Å². The molecule has 0 aliphatic carbocycles. The summed E-state index contributed by atoms with van der Waals surface area (Å²) in [6.07, 6.45) is 3.02. The minimum absolute atomic E-state index is 0.186. The van der Waals surface area contributed by atoms with Gasteiger partial charge in [-0.25, -0.2) is 0 Å². The van der Waals surface area contributed by atoms with Gasteiger partial charge in [0.1, 0.15) is 0 Å². The molecule has 0 saturated heterocycles. The van der Waals surface area contributed by atoms with Crippen LogP contribution in [0.1, 0.15) is 63.6 Å². The minimum Gasteiger partial charge on any atom is -0.310 e. The third-order valence-electron chi connectivity index (χ3n) is 5.97. The first-order valence-corrected chi connectivity index (χ1v) is 10.6. The minimum atomic E-state index is 0.186. The van der Waals surface area contributed by atoms with Gasteiger partial charge < -0.3 is 4.90 Å². The van der Waals surface area contributed by atoms with E-state index in [1.54, 1.807) is 0 Å². The Morgan fingerprint density at radius 2 is 1.45 bits per heavy atom. The maximum Gasteiger partial charge on any atom is 0.0467 e. The lowest BCUT2D eigenvalue weighted by atomic mass is 9.82. The zero-order valence-corrected chi connectivity index (χ0v) is 18.4. The Kier molecular flexibility index (Phi) is 6.27. The van der Waals surface area contributed by atoms with E-state index in [-0.39, 0.29) is 5.41 Å². The van der Waals surface area contributed by atoms with Gasteiger partial charge in [0.05, 0.1) is 0 Å². The standard InChI is InChI=1S/C28H33N/c1-7-22-10-9-11-27(20-22)29(25-16-12-23(13-17-25)21(3)4)26-18-14-24(15-19-26)28(5,6)8-2/h7,9-21H,1,8H2,2-6H3. The van der Waals surface area contributed by atoms with Gasteiger partial charge in [-0.3, -0.25) is 0 Å². The van der Waals surface area contributed by atoms with Crippen LogP contribution in [-0.4, -0.2) is 0 Å². The van der Waals surface area contributed by atoms with Crippen molar-refractivity contribution in [2.75, 3.05) is 4.90 Å². The predicted octanol–water partition coefficient (Wildman–Crippen LogP) is 8.61. The highest BCUT2D eigenvalue weighted by atomic mass is 15.1. The zero-order chi connectivity index (χ0) is 21.0. The third-order valence-corrected chi connectivity index (χ3v) is 5.97. The highest BCUT2D eigenvalue weighted by Gasteiger charge is 2.19. The topological polar surface area (TPSA) is 3.24 Å². The molecule has 3 rings (SSSR count). The van der Waals surface area contributed by atoms with Crippen molar-refractivity contribution in [3.05, 3.63) is 96.1 Å². The smallest absolute Gasteiger partial charge is 0.0467 e. The maximum absolute atomic E-state index is 3.94. The molecule has 29 heavy (non-hydrogen) atoms. The molecule has 1 heteroatoms. The fraction of sp³-hybridized carbons (Fsp3) is 0.286. The van der Waals surface area contributed by atoms with Crippen LogP contribution in [0.3, 0.4) is 0 Å². The molecule has 0 unspecified atom stereocenters. The van der Waals surface area contributed by atoms with Crippen molar-refractivity contribution < 1.29 is 0 Å². The maximum atomic E-state index is 3.94. The van der Waals surface area contributed by atoms with Crippen molar-refractivity contribution >= 4 is 23.1 Å². The van der Waals surface area contributed by atoms with E-state index in [1.165, 1.54) is 16.8 Å².